The third-order valence-corrected chi connectivity index (χ3v) is 4.26. The Bertz CT molecular complexity index is 1160. The summed E-state index contributed by atoms with van der Waals surface area (Å²) in [5.74, 6) is 1.56. The lowest BCUT2D eigenvalue weighted by atomic mass is 10.2. The fourth-order valence-corrected chi connectivity index (χ4v) is 2.92. The van der Waals surface area contributed by atoms with Crippen LogP contribution in [0.15, 0.2) is 48.5 Å². The summed E-state index contributed by atoms with van der Waals surface area (Å²) in [6.07, 6.45) is 0.429. The zero-order valence-corrected chi connectivity index (χ0v) is 16.0. The number of imidazole rings is 1. The van der Waals surface area contributed by atoms with Crippen molar-refractivity contribution in [3.63, 3.8) is 0 Å². The van der Waals surface area contributed by atoms with Gasteiger partial charge in [0.15, 0.2) is 0 Å². The van der Waals surface area contributed by atoms with Crippen LogP contribution in [0.25, 0.3) is 17.0 Å². The van der Waals surface area contributed by atoms with Gasteiger partial charge in [0, 0.05) is 17.8 Å². The minimum atomic E-state index is -0.0321. The molecule has 0 aliphatic rings. The van der Waals surface area contributed by atoms with Crippen LogP contribution in [0.4, 0.5) is 23.3 Å². The Balaban J connectivity index is 1.73. The molecule has 0 radical (unpaired) electrons. The smallest absolute Gasteiger partial charge is 0.242 e. The van der Waals surface area contributed by atoms with Crippen molar-refractivity contribution in [2.75, 3.05) is 16.4 Å². The predicted octanol–water partition coefficient (Wildman–Crippen LogP) is 3.19. The number of benzene rings is 2. The first kappa shape index (κ1) is 18.4. The average molecular weight is 388 g/mol. The van der Waals surface area contributed by atoms with Gasteiger partial charge in [0.1, 0.15) is 5.82 Å². The molecule has 0 bridgehead atoms. The number of nitrogens with two attached hydrogens (primary N) is 1. The van der Waals surface area contributed by atoms with Gasteiger partial charge in [-0.05, 0) is 43.3 Å². The van der Waals surface area contributed by atoms with Gasteiger partial charge in [-0.2, -0.15) is 15.0 Å². The van der Waals surface area contributed by atoms with Crippen LogP contribution in [0.1, 0.15) is 19.2 Å². The van der Waals surface area contributed by atoms with Crippen LogP contribution < -0.4 is 16.4 Å². The van der Waals surface area contributed by atoms with E-state index in [9.17, 15) is 4.79 Å². The third-order valence-electron chi connectivity index (χ3n) is 4.26. The van der Waals surface area contributed by atoms with Crippen LogP contribution >= 0.6 is 0 Å². The molecule has 9 heteroatoms. The third kappa shape index (κ3) is 3.84. The molecule has 0 saturated carbocycles. The summed E-state index contributed by atoms with van der Waals surface area (Å²) in [7, 11) is 0. The molecule has 0 fully saturated rings. The lowest BCUT2D eigenvalue weighted by molar-refractivity contribution is -0.115. The Morgan fingerprint density at radius 1 is 1.00 bits per heavy atom. The number of rotatable bonds is 5. The second-order valence-corrected chi connectivity index (χ2v) is 6.40. The Labute approximate surface area is 167 Å². The number of aryl methyl sites for hydroxylation is 1. The van der Waals surface area contributed by atoms with E-state index in [1.807, 2.05) is 55.5 Å². The number of nitrogens with one attached hydrogen (secondary N) is 2. The minimum Gasteiger partial charge on any atom is -0.368 e. The largest absolute Gasteiger partial charge is 0.368 e. The highest BCUT2D eigenvalue weighted by molar-refractivity contribution is 5.90. The van der Waals surface area contributed by atoms with Gasteiger partial charge in [0.2, 0.25) is 23.8 Å². The van der Waals surface area contributed by atoms with Crippen LogP contribution in [-0.2, 0) is 4.79 Å². The number of para-hydroxylation sites is 2. The van der Waals surface area contributed by atoms with Crippen molar-refractivity contribution >= 4 is 40.2 Å². The first-order valence-corrected chi connectivity index (χ1v) is 9.16. The molecular formula is C20H20N8O. The van der Waals surface area contributed by atoms with E-state index in [1.165, 1.54) is 0 Å². The zero-order valence-electron chi connectivity index (χ0n) is 16.0. The maximum Gasteiger partial charge on any atom is 0.242 e. The Morgan fingerprint density at radius 3 is 2.45 bits per heavy atom. The molecule has 4 aromatic rings. The van der Waals surface area contributed by atoms with E-state index in [0.717, 1.165) is 22.4 Å². The second-order valence-electron chi connectivity index (χ2n) is 6.40. The first-order valence-electron chi connectivity index (χ1n) is 9.16. The summed E-state index contributed by atoms with van der Waals surface area (Å²) in [5.41, 5.74) is 8.99. The first-order chi connectivity index (χ1) is 14.0. The minimum absolute atomic E-state index is 0.0321. The quantitative estimate of drug-likeness (QED) is 0.479. The molecule has 2 heterocycles. The molecule has 0 aliphatic heterocycles. The number of amides is 1. The number of hydrogen-bond acceptors (Lipinski definition) is 7. The van der Waals surface area contributed by atoms with Gasteiger partial charge < -0.3 is 16.4 Å². The molecule has 9 nitrogen and oxygen atoms in total. The summed E-state index contributed by atoms with van der Waals surface area (Å²) >= 11 is 0. The number of hydrogen-bond donors (Lipinski definition) is 3. The van der Waals surface area contributed by atoms with E-state index in [0.29, 0.717) is 24.1 Å². The van der Waals surface area contributed by atoms with Gasteiger partial charge in [-0.15, -0.1) is 0 Å². The molecule has 4 rings (SSSR count). The van der Waals surface area contributed by atoms with Crippen molar-refractivity contribution in [3.8, 4) is 5.95 Å². The summed E-state index contributed by atoms with van der Waals surface area (Å²) in [5, 5.41) is 6.12. The van der Waals surface area contributed by atoms with E-state index in [2.05, 4.69) is 30.6 Å². The van der Waals surface area contributed by atoms with Gasteiger partial charge in [-0.1, -0.05) is 19.1 Å². The van der Waals surface area contributed by atoms with Crippen molar-refractivity contribution in [3.05, 3.63) is 54.4 Å². The van der Waals surface area contributed by atoms with Crippen molar-refractivity contribution in [2.45, 2.75) is 20.3 Å². The SMILES string of the molecule is CCC(=O)Nc1ccc(Nc2nc3ccccc3n2-c2nc(C)nc(N)n2)cc1. The molecule has 1 amide bonds. The molecule has 0 spiro atoms. The monoisotopic (exact) mass is 388 g/mol. The van der Waals surface area contributed by atoms with Gasteiger partial charge in [-0.3, -0.25) is 4.79 Å². The predicted molar refractivity (Wildman–Crippen MR) is 112 cm³/mol. The van der Waals surface area contributed by atoms with Crippen LogP contribution in [0, 0.1) is 6.92 Å². The number of carbonyl (C=O) groups is 1. The maximum absolute atomic E-state index is 11.5. The van der Waals surface area contributed by atoms with Crippen molar-refractivity contribution in [1.82, 2.24) is 24.5 Å². The van der Waals surface area contributed by atoms with Crippen molar-refractivity contribution in [1.29, 1.82) is 0 Å². The molecule has 2 aromatic carbocycles. The van der Waals surface area contributed by atoms with Crippen molar-refractivity contribution < 1.29 is 4.79 Å². The molecule has 0 unspecified atom stereocenters. The topological polar surface area (TPSA) is 124 Å². The van der Waals surface area contributed by atoms with E-state index >= 15 is 0 Å². The number of aromatic nitrogens is 5. The lowest BCUT2D eigenvalue weighted by Gasteiger charge is -2.11. The maximum atomic E-state index is 11.5. The average Bonchev–Trinajstić information content (AvgIpc) is 3.06. The van der Waals surface area contributed by atoms with E-state index in [-0.39, 0.29) is 11.9 Å². The van der Waals surface area contributed by atoms with Crippen LogP contribution in [0.3, 0.4) is 0 Å². The fourth-order valence-electron chi connectivity index (χ4n) is 2.92. The number of anilines is 4. The fraction of sp³-hybridized carbons (Fsp3) is 0.150. The molecular weight excluding hydrogens is 368 g/mol. The second kappa shape index (κ2) is 7.55. The number of fused-ring (bicyclic) bond motifs is 1. The summed E-state index contributed by atoms with van der Waals surface area (Å²) in [6.45, 7) is 3.57. The number of nitrogens with zero attached hydrogens (tertiary/aromatic N) is 5. The normalized spacial score (nSPS) is 10.8. The van der Waals surface area contributed by atoms with Crippen LogP contribution in [0.5, 0.6) is 0 Å². The Kier molecular flexibility index (Phi) is 4.78. The van der Waals surface area contributed by atoms with Crippen molar-refractivity contribution in [2.24, 2.45) is 0 Å². The lowest BCUT2D eigenvalue weighted by Crippen LogP contribution is -2.10. The number of carbonyl (C=O) groups excluding carboxylic acids is 1. The Hall–Kier alpha value is -4.01. The highest BCUT2D eigenvalue weighted by Crippen LogP contribution is 2.26. The van der Waals surface area contributed by atoms with Crippen LogP contribution in [-0.4, -0.2) is 30.4 Å². The molecule has 29 heavy (non-hydrogen) atoms. The van der Waals surface area contributed by atoms with Gasteiger partial charge in [-0.25, -0.2) is 9.55 Å². The standard InChI is InChI=1S/C20H20N8O/c1-3-17(29)24-13-8-10-14(11-9-13)25-20-26-15-6-4-5-7-16(15)28(20)19-23-12(2)22-18(21)27-19/h4-11H,3H2,1-2H3,(H,24,29)(H,25,26)(H2,21,22,23,27). The highest BCUT2D eigenvalue weighted by atomic mass is 16.1. The van der Waals surface area contributed by atoms with Gasteiger partial charge in [0.05, 0.1) is 11.0 Å². The molecule has 4 N–H and O–H groups in total. The molecule has 146 valence electrons. The van der Waals surface area contributed by atoms with E-state index < -0.39 is 0 Å². The van der Waals surface area contributed by atoms with E-state index in [1.54, 1.807) is 11.5 Å². The molecule has 0 atom stereocenters. The van der Waals surface area contributed by atoms with Gasteiger partial charge >= 0.3 is 0 Å². The summed E-state index contributed by atoms with van der Waals surface area (Å²) < 4.78 is 1.80. The molecule has 0 saturated heterocycles. The highest BCUT2D eigenvalue weighted by Gasteiger charge is 2.16. The molecule has 2 aromatic heterocycles. The molecule has 0 aliphatic carbocycles. The van der Waals surface area contributed by atoms with Gasteiger partial charge in [0.25, 0.3) is 0 Å². The Morgan fingerprint density at radius 2 is 1.72 bits per heavy atom. The summed E-state index contributed by atoms with van der Waals surface area (Å²) in [6, 6.07) is 15.1. The number of nitrogen functional groups attached to an aromatic ring is 1. The summed E-state index contributed by atoms with van der Waals surface area (Å²) in [4.78, 5) is 29.0. The van der Waals surface area contributed by atoms with Crippen LogP contribution in [0.2, 0.25) is 0 Å². The van der Waals surface area contributed by atoms with E-state index in [4.69, 9.17) is 5.73 Å². The zero-order chi connectivity index (χ0) is 20.4.